The van der Waals surface area contributed by atoms with E-state index in [1.54, 1.807) is 13.2 Å². The standard InChI is InChI=1S/C13H17FN2O2/c1-18-5-3-16(2-4-17)10-12-6-11(9-15)7-13(14)8-12/h6-8,17H,2-5,10H2,1H3. The summed E-state index contributed by atoms with van der Waals surface area (Å²) in [5.41, 5.74) is 1.02. The molecule has 0 fully saturated rings. The second-order valence-electron chi connectivity index (χ2n) is 3.95. The predicted octanol–water partition coefficient (Wildman–Crippen LogP) is 1.14. The zero-order valence-corrected chi connectivity index (χ0v) is 10.4. The van der Waals surface area contributed by atoms with E-state index in [0.717, 1.165) is 5.56 Å². The van der Waals surface area contributed by atoms with Crippen LogP contribution in [0.4, 0.5) is 4.39 Å². The molecule has 0 aliphatic rings. The van der Waals surface area contributed by atoms with Gasteiger partial charge in [-0.3, -0.25) is 4.90 Å². The number of aliphatic hydroxyl groups excluding tert-OH is 1. The van der Waals surface area contributed by atoms with E-state index in [1.807, 2.05) is 11.0 Å². The molecule has 1 aromatic carbocycles. The van der Waals surface area contributed by atoms with Crippen molar-refractivity contribution in [2.75, 3.05) is 33.4 Å². The summed E-state index contributed by atoms with van der Waals surface area (Å²) in [6, 6.07) is 6.18. The maximum absolute atomic E-state index is 13.3. The van der Waals surface area contributed by atoms with Gasteiger partial charge in [-0.1, -0.05) is 0 Å². The SMILES string of the molecule is COCCN(CCO)Cc1cc(F)cc(C#N)c1. The van der Waals surface area contributed by atoms with Crippen LogP contribution in [0, 0.1) is 17.1 Å². The molecule has 98 valence electrons. The number of ether oxygens (including phenoxy) is 1. The maximum Gasteiger partial charge on any atom is 0.124 e. The summed E-state index contributed by atoms with van der Waals surface area (Å²) in [6.45, 7) is 2.19. The quantitative estimate of drug-likeness (QED) is 0.790. The first kappa shape index (κ1) is 14.6. The number of methoxy groups -OCH3 is 1. The van der Waals surface area contributed by atoms with E-state index in [2.05, 4.69) is 0 Å². The minimum atomic E-state index is -0.417. The van der Waals surface area contributed by atoms with E-state index < -0.39 is 5.82 Å². The van der Waals surface area contributed by atoms with Crippen LogP contribution in [0.25, 0.3) is 0 Å². The molecule has 1 N–H and O–H groups in total. The van der Waals surface area contributed by atoms with Crippen molar-refractivity contribution in [3.8, 4) is 6.07 Å². The summed E-state index contributed by atoms with van der Waals surface area (Å²) in [4.78, 5) is 1.94. The summed E-state index contributed by atoms with van der Waals surface area (Å²) < 4.78 is 18.2. The molecule has 18 heavy (non-hydrogen) atoms. The third kappa shape index (κ3) is 4.80. The first-order chi connectivity index (χ1) is 8.69. The lowest BCUT2D eigenvalue weighted by Gasteiger charge is -2.21. The summed E-state index contributed by atoms with van der Waals surface area (Å²) in [5.74, 6) is -0.417. The van der Waals surface area contributed by atoms with Crippen LogP contribution in [0.1, 0.15) is 11.1 Å². The Hall–Kier alpha value is -1.48. The number of rotatable bonds is 7. The molecule has 0 aliphatic heterocycles. The van der Waals surface area contributed by atoms with Crippen LogP contribution in [-0.4, -0.2) is 43.4 Å². The summed E-state index contributed by atoms with van der Waals surface area (Å²) in [5, 5.41) is 17.7. The molecule has 0 radical (unpaired) electrons. The van der Waals surface area contributed by atoms with E-state index in [0.29, 0.717) is 31.8 Å². The van der Waals surface area contributed by atoms with Crippen LogP contribution >= 0.6 is 0 Å². The van der Waals surface area contributed by atoms with E-state index in [1.165, 1.54) is 12.1 Å². The smallest absolute Gasteiger partial charge is 0.124 e. The molecule has 0 saturated carbocycles. The van der Waals surface area contributed by atoms with Gasteiger partial charge >= 0.3 is 0 Å². The Balaban J connectivity index is 2.73. The van der Waals surface area contributed by atoms with Crippen molar-refractivity contribution in [1.82, 2.24) is 4.90 Å². The Bertz CT molecular complexity index is 418. The van der Waals surface area contributed by atoms with Crippen LogP contribution < -0.4 is 0 Å². The first-order valence-electron chi connectivity index (χ1n) is 5.71. The molecule has 1 aromatic rings. The maximum atomic E-state index is 13.3. The van der Waals surface area contributed by atoms with Crippen molar-refractivity contribution in [2.24, 2.45) is 0 Å². The average Bonchev–Trinajstić information content (AvgIpc) is 2.35. The van der Waals surface area contributed by atoms with E-state index in [9.17, 15) is 4.39 Å². The molecule has 0 aliphatic carbocycles. The number of benzene rings is 1. The molecule has 0 amide bonds. The zero-order chi connectivity index (χ0) is 13.4. The lowest BCUT2D eigenvalue weighted by molar-refractivity contribution is 0.127. The van der Waals surface area contributed by atoms with E-state index >= 15 is 0 Å². The summed E-state index contributed by atoms with van der Waals surface area (Å²) >= 11 is 0. The van der Waals surface area contributed by atoms with Crippen LogP contribution in [0.3, 0.4) is 0 Å². The topological polar surface area (TPSA) is 56.5 Å². The van der Waals surface area contributed by atoms with Gasteiger partial charge in [0.1, 0.15) is 5.82 Å². The molecule has 0 saturated heterocycles. The fourth-order valence-electron chi connectivity index (χ4n) is 1.70. The second kappa shape index (κ2) is 7.77. The number of hydrogen-bond acceptors (Lipinski definition) is 4. The van der Waals surface area contributed by atoms with Gasteiger partial charge in [-0.05, 0) is 23.8 Å². The normalized spacial score (nSPS) is 10.6. The van der Waals surface area contributed by atoms with E-state index in [-0.39, 0.29) is 6.61 Å². The van der Waals surface area contributed by atoms with Gasteiger partial charge in [0.05, 0.1) is 24.8 Å². The van der Waals surface area contributed by atoms with E-state index in [4.69, 9.17) is 15.1 Å². The van der Waals surface area contributed by atoms with Crippen molar-refractivity contribution >= 4 is 0 Å². The largest absolute Gasteiger partial charge is 0.395 e. The van der Waals surface area contributed by atoms with Gasteiger partial charge in [0.2, 0.25) is 0 Å². The Kier molecular flexibility index (Phi) is 6.29. The van der Waals surface area contributed by atoms with Crippen molar-refractivity contribution in [1.29, 1.82) is 5.26 Å². The highest BCUT2D eigenvalue weighted by atomic mass is 19.1. The molecule has 1 rings (SSSR count). The highest BCUT2D eigenvalue weighted by Crippen LogP contribution is 2.11. The first-order valence-corrected chi connectivity index (χ1v) is 5.71. The molecule has 0 atom stereocenters. The predicted molar refractivity (Wildman–Crippen MR) is 65.4 cm³/mol. The number of nitrogens with zero attached hydrogens (tertiary/aromatic N) is 2. The van der Waals surface area contributed by atoms with Gasteiger partial charge in [-0.2, -0.15) is 5.26 Å². The molecule has 0 bridgehead atoms. The number of nitriles is 1. The van der Waals surface area contributed by atoms with Crippen LogP contribution in [0.2, 0.25) is 0 Å². The minimum absolute atomic E-state index is 0.0319. The van der Waals surface area contributed by atoms with Gasteiger partial charge in [-0.25, -0.2) is 4.39 Å². The van der Waals surface area contributed by atoms with Crippen molar-refractivity contribution in [3.05, 3.63) is 35.1 Å². The highest BCUT2D eigenvalue weighted by molar-refractivity contribution is 5.33. The van der Waals surface area contributed by atoms with Crippen molar-refractivity contribution < 1.29 is 14.2 Å². The van der Waals surface area contributed by atoms with Crippen LogP contribution in [0.5, 0.6) is 0 Å². The monoisotopic (exact) mass is 252 g/mol. The zero-order valence-electron chi connectivity index (χ0n) is 10.4. The third-order valence-corrected chi connectivity index (χ3v) is 2.52. The Morgan fingerprint density at radius 1 is 1.39 bits per heavy atom. The fourth-order valence-corrected chi connectivity index (χ4v) is 1.70. The number of hydrogen-bond donors (Lipinski definition) is 1. The Labute approximate surface area is 106 Å². The summed E-state index contributed by atoms with van der Waals surface area (Å²) in [6.07, 6.45) is 0. The molecule has 5 heteroatoms. The Morgan fingerprint density at radius 3 is 2.78 bits per heavy atom. The second-order valence-corrected chi connectivity index (χ2v) is 3.95. The highest BCUT2D eigenvalue weighted by Gasteiger charge is 2.07. The summed E-state index contributed by atoms with van der Waals surface area (Å²) in [7, 11) is 1.60. The van der Waals surface area contributed by atoms with Crippen molar-refractivity contribution in [2.45, 2.75) is 6.54 Å². The molecule has 0 spiro atoms. The minimum Gasteiger partial charge on any atom is -0.395 e. The molecule has 0 heterocycles. The molecule has 0 unspecified atom stereocenters. The van der Waals surface area contributed by atoms with Gasteiger partial charge in [0.25, 0.3) is 0 Å². The van der Waals surface area contributed by atoms with Gasteiger partial charge in [0, 0.05) is 26.7 Å². The van der Waals surface area contributed by atoms with Gasteiger partial charge in [-0.15, -0.1) is 0 Å². The number of halogens is 1. The third-order valence-electron chi connectivity index (χ3n) is 2.52. The van der Waals surface area contributed by atoms with Crippen LogP contribution in [0.15, 0.2) is 18.2 Å². The van der Waals surface area contributed by atoms with Gasteiger partial charge in [0.15, 0.2) is 0 Å². The molecule has 4 nitrogen and oxygen atoms in total. The Morgan fingerprint density at radius 2 is 2.17 bits per heavy atom. The van der Waals surface area contributed by atoms with Crippen LogP contribution in [-0.2, 0) is 11.3 Å². The molecular formula is C13H17FN2O2. The molecule has 0 aromatic heterocycles. The van der Waals surface area contributed by atoms with Crippen molar-refractivity contribution in [3.63, 3.8) is 0 Å². The number of aliphatic hydroxyl groups is 1. The fraction of sp³-hybridized carbons (Fsp3) is 0.462. The lowest BCUT2D eigenvalue weighted by Crippen LogP contribution is -2.29. The lowest BCUT2D eigenvalue weighted by atomic mass is 10.1. The molecular weight excluding hydrogens is 235 g/mol. The average molecular weight is 252 g/mol. The van der Waals surface area contributed by atoms with Gasteiger partial charge < -0.3 is 9.84 Å².